The van der Waals surface area contributed by atoms with E-state index < -0.39 is 0 Å². The number of rotatable bonds is 13. The van der Waals surface area contributed by atoms with Gasteiger partial charge in [0.15, 0.2) is 0 Å². The Balaban J connectivity index is 1.87. The normalized spacial score (nSPS) is 11.0. The van der Waals surface area contributed by atoms with Crippen LogP contribution in [0.3, 0.4) is 0 Å². The third-order valence-electron chi connectivity index (χ3n) is 5.21. The van der Waals surface area contributed by atoms with Crippen molar-refractivity contribution < 1.29 is 0 Å². The Kier molecular flexibility index (Phi) is 10.1. The molecule has 0 aliphatic carbocycles. The highest BCUT2D eigenvalue weighted by Gasteiger charge is 2.14. The van der Waals surface area contributed by atoms with E-state index in [2.05, 4.69) is 22.2 Å². The van der Waals surface area contributed by atoms with Gasteiger partial charge in [0, 0.05) is 12.1 Å². The zero-order valence-corrected chi connectivity index (χ0v) is 18.7. The molecular formula is C23H36ClN5. The average molecular weight is 418 g/mol. The second kappa shape index (κ2) is 12.5. The minimum Gasteiger partial charge on any atom is -0.384 e. The molecule has 0 unspecified atom stereocenters. The molecule has 0 saturated heterocycles. The van der Waals surface area contributed by atoms with E-state index in [1.54, 1.807) is 0 Å². The van der Waals surface area contributed by atoms with E-state index in [-0.39, 0.29) is 5.95 Å². The molecule has 0 amide bonds. The summed E-state index contributed by atoms with van der Waals surface area (Å²) in [6.07, 6.45) is 12.6. The Labute approximate surface area is 180 Å². The molecule has 160 valence electrons. The molecule has 1 aromatic heterocycles. The van der Waals surface area contributed by atoms with Gasteiger partial charge < -0.3 is 16.8 Å². The number of hydrogen-bond donors (Lipinski definition) is 3. The third kappa shape index (κ3) is 7.39. The highest BCUT2D eigenvalue weighted by atomic mass is 35.5. The van der Waals surface area contributed by atoms with Gasteiger partial charge in [0.2, 0.25) is 5.95 Å². The Hall–Kier alpha value is -2.01. The second-order valence-corrected chi connectivity index (χ2v) is 8.00. The van der Waals surface area contributed by atoms with Gasteiger partial charge in [-0.15, -0.1) is 0 Å². The van der Waals surface area contributed by atoms with Gasteiger partial charge in [-0.1, -0.05) is 82.9 Å². The molecule has 2 aromatic rings. The van der Waals surface area contributed by atoms with Gasteiger partial charge in [-0.25, -0.2) is 4.98 Å². The lowest BCUT2D eigenvalue weighted by molar-refractivity contribution is 0.569. The molecule has 0 fully saturated rings. The second-order valence-electron chi connectivity index (χ2n) is 7.59. The molecule has 5 nitrogen and oxygen atoms in total. The number of hydrogen-bond acceptors (Lipinski definition) is 5. The summed E-state index contributed by atoms with van der Waals surface area (Å²) in [4.78, 5) is 8.47. The molecule has 0 radical (unpaired) electrons. The highest BCUT2D eigenvalue weighted by Crippen LogP contribution is 2.33. The predicted molar refractivity (Wildman–Crippen MR) is 126 cm³/mol. The van der Waals surface area contributed by atoms with Gasteiger partial charge in [-0.2, -0.15) is 4.98 Å². The first-order chi connectivity index (χ1) is 14.1. The van der Waals surface area contributed by atoms with Crippen molar-refractivity contribution in [3.05, 3.63) is 28.9 Å². The van der Waals surface area contributed by atoms with Crippen LogP contribution >= 0.6 is 11.6 Å². The van der Waals surface area contributed by atoms with Crippen molar-refractivity contribution in [3.8, 4) is 11.1 Å². The van der Waals surface area contributed by atoms with Crippen LogP contribution in [0.2, 0.25) is 5.02 Å². The molecule has 1 aromatic carbocycles. The van der Waals surface area contributed by atoms with Crippen LogP contribution < -0.4 is 16.8 Å². The third-order valence-corrected chi connectivity index (χ3v) is 5.54. The van der Waals surface area contributed by atoms with E-state index >= 15 is 0 Å². The van der Waals surface area contributed by atoms with Gasteiger partial charge in [-0.05, 0) is 30.5 Å². The lowest BCUT2D eigenvalue weighted by atomic mass is 10.0. The topological polar surface area (TPSA) is 89.8 Å². The Morgan fingerprint density at radius 2 is 1.55 bits per heavy atom. The maximum absolute atomic E-state index is 6.40. The number of anilines is 3. The standard InChI is InChI=1S/C23H36ClN5/c1-3-5-6-7-8-9-10-11-12-15-27-20-16-17(13-14-18(20)24)21-19(4-2)28-23(26)29-22(21)25/h13-14,16,27H,3-12,15H2,1-2H3,(H4,25,26,28,29). The molecular weight excluding hydrogens is 382 g/mol. The minimum absolute atomic E-state index is 0.209. The lowest BCUT2D eigenvalue weighted by Gasteiger charge is -2.14. The van der Waals surface area contributed by atoms with Gasteiger partial charge in [0.1, 0.15) is 5.82 Å². The van der Waals surface area contributed by atoms with Crippen LogP contribution in [-0.4, -0.2) is 16.5 Å². The number of unbranched alkanes of at least 4 members (excludes halogenated alkanes) is 8. The predicted octanol–water partition coefficient (Wildman–Crippen LogP) is 6.47. The van der Waals surface area contributed by atoms with E-state index in [0.717, 1.165) is 41.9 Å². The molecule has 0 aliphatic heterocycles. The summed E-state index contributed by atoms with van der Waals surface area (Å²) in [5.74, 6) is 0.613. The zero-order chi connectivity index (χ0) is 21.1. The number of nitrogens with one attached hydrogen (secondary N) is 1. The first-order valence-corrected chi connectivity index (χ1v) is 11.4. The number of nitrogen functional groups attached to an aromatic ring is 2. The van der Waals surface area contributed by atoms with Crippen LogP contribution in [0.1, 0.15) is 77.3 Å². The smallest absolute Gasteiger partial charge is 0.222 e. The van der Waals surface area contributed by atoms with Crippen LogP contribution in [0.4, 0.5) is 17.5 Å². The SMILES string of the molecule is CCCCCCCCCCCNc1cc(-c2c(N)nc(N)nc2CC)ccc1Cl. The molecule has 29 heavy (non-hydrogen) atoms. The molecule has 5 N–H and O–H groups in total. The molecule has 0 atom stereocenters. The number of halogens is 1. The molecule has 0 bridgehead atoms. The van der Waals surface area contributed by atoms with Gasteiger partial charge >= 0.3 is 0 Å². The fraction of sp³-hybridized carbons (Fsp3) is 0.565. The van der Waals surface area contributed by atoms with E-state index in [9.17, 15) is 0 Å². The Morgan fingerprint density at radius 3 is 2.21 bits per heavy atom. The summed E-state index contributed by atoms with van der Waals surface area (Å²) >= 11 is 6.40. The van der Waals surface area contributed by atoms with Crippen LogP contribution in [0.25, 0.3) is 11.1 Å². The van der Waals surface area contributed by atoms with Crippen molar-refractivity contribution in [2.24, 2.45) is 0 Å². The van der Waals surface area contributed by atoms with E-state index in [0.29, 0.717) is 10.8 Å². The summed E-state index contributed by atoms with van der Waals surface area (Å²) in [7, 11) is 0. The largest absolute Gasteiger partial charge is 0.384 e. The summed E-state index contributed by atoms with van der Waals surface area (Å²) < 4.78 is 0. The Morgan fingerprint density at radius 1 is 0.897 bits per heavy atom. The molecule has 2 rings (SSSR count). The lowest BCUT2D eigenvalue weighted by Crippen LogP contribution is -2.07. The molecule has 0 saturated carbocycles. The summed E-state index contributed by atoms with van der Waals surface area (Å²) in [6.45, 7) is 5.20. The van der Waals surface area contributed by atoms with Gasteiger partial charge in [0.05, 0.1) is 16.4 Å². The van der Waals surface area contributed by atoms with Crippen LogP contribution in [-0.2, 0) is 6.42 Å². The minimum atomic E-state index is 0.209. The van der Waals surface area contributed by atoms with E-state index in [1.165, 1.54) is 51.4 Å². The first-order valence-electron chi connectivity index (χ1n) is 11.0. The van der Waals surface area contributed by atoms with Gasteiger partial charge in [0.25, 0.3) is 0 Å². The number of aryl methyl sites for hydroxylation is 1. The van der Waals surface area contributed by atoms with E-state index in [4.69, 9.17) is 23.1 Å². The maximum atomic E-state index is 6.40. The summed E-state index contributed by atoms with van der Waals surface area (Å²) in [6, 6.07) is 5.88. The number of benzene rings is 1. The van der Waals surface area contributed by atoms with Crippen molar-refractivity contribution in [1.82, 2.24) is 9.97 Å². The fourth-order valence-electron chi connectivity index (χ4n) is 3.59. The van der Waals surface area contributed by atoms with Crippen molar-refractivity contribution in [2.45, 2.75) is 78.1 Å². The number of nitrogens with two attached hydrogens (primary N) is 2. The van der Waals surface area contributed by atoms with Crippen molar-refractivity contribution in [3.63, 3.8) is 0 Å². The first kappa shape index (κ1) is 23.3. The molecule has 0 spiro atoms. The highest BCUT2D eigenvalue weighted by molar-refractivity contribution is 6.33. The molecule has 0 aliphatic rings. The summed E-state index contributed by atoms with van der Waals surface area (Å²) in [5.41, 5.74) is 15.4. The van der Waals surface area contributed by atoms with Crippen molar-refractivity contribution in [2.75, 3.05) is 23.3 Å². The number of nitrogens with zero attached hydrogens (tertiary/aromatic N) is 2. The van der Waals surface area contributed by atoms with Crippen molar-refractivity contribution in [1.29, 1.82) is 0 Å². The zero-order valence-electron chi connectivity index (χ0n) is 17.9. The summed E-state index contributed by atoms with van der Waals surface area (Å²) in [5, 5.41) is 4.18. The Bertz CT molecular complexity index is 763. The van der Waals surface area contributed by atoms with Gasteiger partial charge in [-0.3, -0.25) is 0 Å². The monoisotopic (exact) mass is 417 g/mol. The fourth-order valence-corrected chi connectivity index (χ4v) is 3.78. The maximum Gasteiger partial charge on any atom is 0.222 e. The average Bonchev–Trinajstić information content (AvgIpc) is 2.70. The van der Waals surface area contributed by atoms with Crippen LogP contribution in [0.5, 0.6) is 0 Å². The quantitative estimate of drug-likeness (QED) is 0.325. The molecule has 1 heterocycles. The van der Waals surface area contributed by atoms with Crippen LogP contribution in [0.15, 0.2) is 18.2 Å². The number of aromatic nitrogens is 2. The van der Waals surface area contributed by atoms with E-state index in [1.807, 2.05) is 25.1 Å². The molecule has 6 heteroatoms. The van der Waals surface area contributed by atoms with Crippen molar-refractivity contribution >= 4 is 29.1 Å². The van der Waals surface area contributed by atoms with Crippen LogP contribution in [0, 0.1) is 0 Å².